The second kappa shape index (κ2) is 9.67. The van der Waals surface area contributed by atoms with E-state index in [1.807, 2.05) is 57.2 Å². The van der Waals surface area contributed by atoms with E-state index in [0.717, 1.165) is 11.1 Å². The van der Waals surface area contributed by atoms with E-state index in [4.69, 9.17) is 4.74 Å². The molecule has 0 saturated carbocycles. The number of rotatable bonds is 7. The van der Waals surface area contributed by atoms with Crippen molar-refractivity contribution in [2.24, 2.45) is 0 Å². The molecule has 0 bridgehead atoms. The minimum atomic E-state index is -3.83. The van der Waals surface area contributed by atoms with Gasteiger partial charge in [-0.3, -0.25) is 9.52 Å². The molecule has 7 heteroatoms. The fourth-order valence-corrected chi connectivity index (χ4v) is 4.74. The summed E-state index contributed by atoms with van der Waals surface area (Å²) < 4.78 is 34.2. The first-order valence-electron chi connectivity index (χ1n) is 10.7. The van der Waals surface area contributed by atoms with Crippen molar-refractivity contribution in [3.05, 3.63) is 89.0 Å². The molecule has 1 amide bonds. The van der Waals surface area contributed by atoms with Crippen LogP contribution in [0.5, 0.6) is 5.75 Å². The van der Waals surface area contributed by atoms with Gasteiger partial charge in [0, 0.05) is 23.4 Å². The van der Waals surface area contributed by atoms with Gasteiger partial charge in [-0.1, -0.05) is 57.2 Å². The van der Waals surface area contributed by atoms with Crippen LogP contribution in [-0.2, 0) is 22.0 Å². The third kappa shape index (κ3) is 5.93. The van der Waals surface area contributed by atoms with Gasteiger partial charge in [0.1, 0.15) is 5.75 Å². The molecule has 0 atom stereocenters. The molecule has 3 rings (SSSR count). The van der Waals surface area contributed by atoms with Gasteiger partial charge in [0.2, 0.25) is 0 Å². The molecule has 0 radical (unpaired) electrons. The quantitative estimate of drug-likeness (QED) is 0.511. The Morgan fingerprint density at radius 2 is 1.70 bits per heavy atom. The van der Waals surface area contributed by atoms with Gasteiger partial charge in [0.15, 0.2) is 0 Å². The number of hydrogen-bond acceptors (Lipinski definition) is 4. The first-order chi connectivity index (χ1) is 15.5. The average Bonchev–Trinajstić information content (AvgIpc) is 2.76. The number of nitrogens with one attached hydrogen (secondary N) is 2. The summed E-state index contributed by atoms with van der Waals surface area (Å²) in [5, 5.41) is 2.85. The number of benzene rings is 3. The Morgan fingerprint density at radius 3 is 2.39 bits per heavy atom. The highest BCUT2D eigenvalue weighted by Crippen LogP contribution is 2.28. The molecular formula is C26H30N2O4S. The molecule has 0 aliphatic heterocycles. The predicted molar refractivity (Wildman–Crippen MR) is 131 cm³/mol. The minimum Gasteiger partial charge on any atom is -0.496 e. The van der Waals surface area contributed by atoms with Gasteiger partial charge in [-0.05, 0) is 53.8 Å². The first-order valence-corrected chi connectivity index (χ1v) is 12.1. The molecule has 0 fully saturated rings. The van der Waals surface area contributed by atoms with E-state index in [0.29, 0.717) is 22.6 Å². The lowest BCUT2D eigenvalue weighted by Crippen LogP contribution is -2.23. The zero-order valence-electron chi connectivity index (χ0n) is 19.6. The maximum atomic E-state index is 13.1. The van der Waals surface area contributed by atoms with Crippen LogP contribution in [0.1, 0.15) is 47.8 Å². The first kappa shape index (κ1) is 24.3. The highest BCUT2D eigenvalue weighted by atomic mass is 32.2. The lowest BCUT2D eigenvalue weighted by atomic mass is 9.87. The monoisotopic (exact) mass is 466 g/mol. The second-order valence-corrected chi connectivity index (χ2v) is 10.6. The lowest BCUT2D eigenvalue weighted by molar-refractivity contribution is 0.0950. The van der Waals surface area contributed by atoms with Crippen molar-refractivity contribution < 1.29 is 17.9 Å². The van der Waals surface area contributed by atoms with Crippen LogP contribution in [0, 0.1) is 6.92 Å². The van der Waals surface area contributed by atoms with Gasteiger partial charge in [0.05, 0.1) is 12.0 Å². The highest BCUT2D eigenvalue weighted by Gasteiger charge is 2.22. The van der Waals surface area contributed by atoms with Gasteiger partial charge in [-0.25, -0.2) is 8.42 Å². The SMILES string of the molecule is COc1ccccc1CNC(=O)c1cccc(NS(=O)(=O)c2cc(C(C)(C)C)ccc2C)c1. The molecular weight excluding hydrogens is 436 g/mol. The average molecular weight is 467 g/mol. The summed E-state index contributed by atoms with van der Waals surface area (Å²) in [6.45, 7) is 8.16. The number of sulfonamides is 1. The fourth-order valence-electron chi connectivity index (χ4n) is 3.42. The van der Waals surface area contributed by atoms with E-state index in [2.05, 4.69) is 10.0 Å². The van der Waals surface area contributed by atoms with E-state index >= 15 is 0 Å². The van der Waals surface area contributed by atoms with E-state index in [1.165, 1.54) is 6.07 Å². The molecule has 0 saturated heterocycles. The summed E-state index contributed by atoms with van der Waals surface area (Å²) in [6.07, 6.45) is 0. The molecule has 0 spiro atoms. The number of carbonyl (C=O) groups is 1. The van der Waals surface area contributed by atoms with Gasteiger partial charge >= 0.3 is 0 Å². The molecule has 3 aromatic carbocycles. The number of para-hydroxylation sites is 1. The molecule has 0 unspecified atom stereocenters. The third-order valence-electron chi connectivity index (χ3n) is 5.35. The van der Waals surface area contributed by atoms with Crippen molar-refractivity contribution in [2.45, 2.75) is 44.6 Å². The molecule has 3 aromatic rings. The van der Waals surface area contributed by atoms with Crippen LogP contribution in [0.15, 0.2) is 71.6 Å². The molecule has 0 aromatic heterocycles. The van der Waals surface area contributed by atoms with Crippen molar-refractivity contribution in [3.63, 3.8) is 0 Å². The summed E-state index contributed by atoms with van der Waals surface area (Å²) in [5.41, 5.74) is 2.92. The Kier molecular flexibility index (Phi) is 7.12. The molecule has 33 heavy (non-hydrogen) atoms. The number of carbonyl (C=O) groups excluding carboxylic acids is 1. The van der Waals surface area contributed by atoms with Crippen LogP contribution in [0.2, 0.25) is 0 Å². The predicted octanol–water partition coefficient (Wildman–Crippen LogP) is 5.03. The van der Waals surface area contributed by atoms with Gasteiger partial charge in [-0.15, -0.1) is 0 Å². The van der Waals surface area contributed by atoms with Crippen LogP contribution in [0.3, 0.4) is 0 Å². The summed E-state index contributed by atoms with van der Waals surface area (Å²) in [5.74, 6) is 0.375. The Balaban J connectivity index is 1.79. The zero-order valence-corrected chi connectivity index (χ0v) is 20.4. The summed E-state index contributed by atoms with van der Waals surface area (Å²) in [6, 6.07) is 19.3. The Morgan fingerprint density at radius 1 is 0.970 bits per heavy atom. The van der Waals surface area contributed by atoms with Crippen LogP contribution in [-0.4, -0.2) is 21.4 Å². The molecule has 6 nitrogen and oxygen atoms in total. The number of ether oxygens (including phenoxy) is 1. The topological polar surface area (TPSA) is 84.5 Å². The van der Waals surface area contributed by atoms with Crippen molar-refractivity contribution in [2.75, 3.05) is 11.8 Å². The number of anilines is 1. The molecule has 0 aliphatic carbocycles. The van der Waals surface area contributed by atoms with E-state index in [1.54, 1.807) is 38.3 Å². The molecule has 174 valence electrons. The largest absolute Gasteiger partial charge is 0.496 e. The Hall–Kier alpha value is -3.32. The van der Waals surface area contributed by atoms with Crippen molar-refractivity contribution in [1.29, 1.82) is 0 Å². The van der Waals surface area contributed by atoms with Gasteiger partial charge in [-0.2, -0.15) is 0 Å². The van der Waals surface area contributed by atoms with Gasteiger partial charge in [0.25, 0.3) is 15.9 Å². The summed E-state index contributed by atoms with van der Waals surface area (Å²) in [4.78, 5) is 12.9. The molecule has 0 heterocycles. The number of amides is 1. The maximum Gasteiger partial charge on any atom is 0.262 e. The summed E-state index contributed by atoms with van der Waals surface area (Å²) in [7, 11) is -2.25. The number of methoxy groups -OCH3 is 1. The number of hydrogen-bond donors (Lipinski definition) is 2. The normalized spacial score (nSPS) is 11.7. The highest BCUT2D eigenvalue weighted by molar-refractivity contribution is 7.92. The van der Waals surface area contributed by atoms with E-state index in [-0.39, 0.29) is 22.8 Å². The van der Waals surface area contributed by atoms with Crippen LogP contribution in [0.25, 0.3) is 0 Å². The Bertz CT molecular complexity index is 1260. The molecule has 2 N–H and O–H groups in total. The second-order valence-electron chi connectivity index (χ2n) is 8.91. The van der Waals surface area contributed by atoms with E-state index < -0.39 is 10.0 Å². The molecule has 0 aliphatic rings. The van der Waals surface area contributed by atoms with Crippen molar-refractivity contribution >= 4 is 21.6 Å². The lowest BCUT2D eigenvalue weighted by Gasteiger charge is -2.21. The third-order valence-corrected chi connectivity index (χ3v) is 6.88. The van der Waals surface area contributed by atoms with Crippen LogP contribution >= 0.6 is 0 Å². The van der Waals surface area contributed by atoms with Crippen molar-refractivity contribution in [1.82, 2.24) is 5.32 Å². The maximum absolute atomic E-state index is 13.1. The Labute approximate surface area is 196 Å². The van der Waals surface area contributed by atoms with Gasteiger partial charge < -0.3 is 10.1 Å². The standard InChI is InChI=1S/C26H30N2O4S/c1-18-13-14-21(26(2,3)4)16-24(18)33(30,31)28-22-11-8-10-19(15-22)25(29)27-17-20-9-6-7-12-23(20)32-5/h6-16,28H,17H2,1-5H3,(H,27,29). The minimum absolute atomic E-state index is 0.183. The zero-order chi connectivity index (χ0) is 24.2. The number of aryl methyl sites for hydroxylation is 1. The van der Waals surface area contributed by atoms with Crippen LogP contribution in [0.4, 0.5) is 5.69 Å². The van der Waals surface area contributed by atoms with Crippen LogP contribution < -0.4 is 14.8 Å². The smallest absolute Gasteiger partial charge is 0.262 e. The summed E-state index contributed by atoms with van der Waals surface area (Å²) >= 11 is 0. The van der Waals surface area contributed by atoms with E-state index in [9.17, 15) is 13.2 Å². The van der Waals surface area contributed by atoms with Crippen molar-refractivity contribution in [3.8, 4) is 5.75 Å². The fraction of sp³-hybridized carbons (Fsp3) is 0.269.